The Morgan fingerprint density at radius 2 is 2.05 bits per heavy atom. The van der Waals surface area contributed by atoms with Crippen molar-refractivity contribution < 1.29 is 4.74 Å². The number of hydrogen-bond acceptors (Lipinski definition) is 5. The molecule has 1 aromatic carbocycles. The van der Waals surface area contributed by atoms with Crippen molar-refractivity contribution >= 4 is 23.2 Å². The first-order valence-corrected chi connectivity index (χ1v) is 6.81. The zero-order chi connectivity index (χ0) is 13.9. The van der Waals surface area contributed by atoms with E-state index in [1.165, 1.54) is 0 Å². The lowest BCUT2D eigenvalue weighted by Gasteiger charge is -2.34. The smallest absolute Gasteiger partial charge is 0.171 e. The summed E-state index contributed by atoms with van der Waals surface area (Å²) in [5, 5.41) is 0.714. The molecule has 1 aliphatic rings. The summed E-state index contributed by atoms with van der Waals surface area (Å²) in [7, 11) is 0. The van der Waals surface area contributed by atoms with Gasteiger partial charge in [0.2, 0.25) is 0 Å². The Hall–Kier alpha value is -1.85. The number of nitrogen functional groups attached to an aromatic ring is 1. The third-order valence-electron chi connectivity index (χ3n) is 3.32. The summed E-state index contributed by atoms with van der Waals surface area (Å²) >= 11 is 6.23. The molecule has 2 heterocycles. The van der Waals surface area contributed by atoms with E-state index in [-0.39, 0.29) is 6.10 Å². The number of halogens is 1. The number of nitrogens with zero attached hydrogens (tertiary/aromatic N) is 3. The van der Waals surface area contributed by atoms with Crippen LogP contribution in [0.3, 0.4) is 0 Å². The van der Waals surface area contributed by atoms with Crippen LogP contribution in [-0.4, -0.2) is 29.7 Å². The standard InChI is InChI=1S/C14H15ClN4O/c15-11-4-2-1-3-10(11)12-9-19(7-8-20-12)14-13(16)17-5-6-18-14/h1-6,12H,7-9H2,(H2,16,17)/t12-/m0/s1. The molecule has 0 aliphatic carbocycles. The first kappa shape index (κ1) is 13.1. The van der Waals surface area contributed by atoms with Gasteiger partial charge in [-0.15, -0.1) is 0 Å². The maximum absolute atomic E-state index is 6.23. The molecular weight excluding hydrogens is 276 g/mol. The van der Waals surface area contributed by atoms with Crippen LogP contribution in [-0.2, 0) is 4.74 Å². The maximum Gasteiger partial charge on any atom is 0.171 e. The van der Waals surface area contributed by atoms with Crippen molar-refractivity contribution in [1.82, 2.24) is 9.97 Å². The van der Waals surface area contributed by atoms with Crippen molar-refractivity contribution in [3.8, 4) is 0 Å². The minimum absolute atomic E-state index is 0.0844. The molecule has 0 amide bonds. The summed E-state index contributed by atoms with van der Waals surface area (Å²) in [4.78, 5) is 10.5. The normalized spacial score (nSPS) is 19.1. The first-order chi connectivity index (χ1) is 9.75. The van der Waals surface area contributed by atoms with Gasteiger partial charge in [0, 0.05) is 29.5 Å². The number of nitrogens with two attached hydrogens (primary N) is 1. The third kappa shape index (κ3) is 2.55. The minimum Gasteiger partial charge on any atom is -0.381 e. The Kier molecular flexibility index (Phi) is 3.71. The van der Waals surface area contributed by atoms with E-state index in [0.717, 1.165) is 12.1 Å². The zero-order valence-corrected chi connectivity index (χ0v) is 11.6. The summed E-state index contributed by atoms with van der Waals surface area (Å²) in [6.45, 7) is 2.00. The van der Waals surface area contributed by atoms with Crippen LogP contribution in [0.2, 0.25) is 5.02 Å². The summed E-state index contributed by atoms with van der Waals surface area (Å²) in [5.41, 5.74) is 6.87. The Morgan fingerprint density at radius 3 is 2.85 bits per heavy atom. The molecule has 6 heteroatoms. The fourth-order valence-electron chi connectivity index (χ4n) is 2.35. The van der Waals surface area contributed by atoms with Gasteiger partial charge in [-0.05, 0) is 6.07 Å². The number of rotatable bonds is 2. The molecule has 1 aliphatic heterocycles. The molecular formula is C14H15ClN4O. The van der Waals surface area contributed by atoms with Gasteiger partial charge in [0.15, 0.2) is 11.6 Å². The summed E-state index contributed by atoms with van der Waals surface area (Å²) in [6.07, 6.45) is 3.15. The topological polar surface area (TPSA) is 64.3 Å². The number of morpholine rings is 1. The van der Waals surface area contributed by atoms with Crippen LogP contribution in [0.4, 0.5) is 11.6 Å². The van der Waals surface area contributed by atoms with Crippen LogP contribution >= 0.6 is 11.6 Å². The van der Waals surface area contributed by atoms with Gasteiger partial charge in [0.25, 0.3) is 0 Å². The molecule has 0 spiro atoms. The molecule has 20 heavy (non-hydrogen) atoms. The molecule has 104 valence electrons. The lowest BCUT2D eigenvalue weighted by molar-refractivity contribution is 0.0396. The highest BCUT2D eigenvalue weighted by atomic mass is 35.5. The van der Waals surface area contributed by atoms with E-state index in [9.17, 15) is 0 Å². The first-order valence-electron chi connectivity index (χ1n) is 6.43. The molecule has 1 fully saturated rings. The van der Waals surface area contributed by atoms with Crippen molar-refractivity contribution in [3.05, 3.63) is 47.2 Å². The van der Waals surface area contributed by atoms with Crippen molar-refractivity contribution in [2.24, 2.45) is 0 Å². The monoisotopic (exact) mass is 290 g/mol. The van der Waals surface area contributed by atoms with Gasteiger partial charge in [-0.1, -0.05) is 29.8 Å². The lowest BCUT2D eigenvalue weighted by atomic mass is 10.1. The summed E-state index contributed by atoms with van der Waals surface area (Å²) in [6, 6.07) is 7.72. The summed E-state index contributed by atoms with van der Waals surface area (Å²) < 4.78 is 5.82. The molecule has 3 rings (SSSR count). The number of ether oxygens (including phenoxy) is 1. The molecule has 1 atom stereocenters. The van der Waals surface area contributed by atoms with Gasteiger partial charge in [0.1, 0.15) is 6.10 Å². The van der Waals surface area contributed by atoms with Gasteiger partial charge in [-0.3, -0.25) is 0 Å². The lowest BCUT2D eigenvalue weighted by Crippen LogP contribution is -2.39. The molecule has 0 saturated carbocycles. The third-order valence-corrected chi connectivity index (χ3v) is 3.67. The second kappa shape index (κ2) is 5.64. The van der Waals surface area contributed by atoms with E-state index < -0.39 is 0 Å². The molecule has 5 nitrogen and oxygen atoms in total. The highest BCUT2D eigenvalue weighted by Crippen LogP contribution is 2.30. The zero-order valence-electron chi connectivity index (χ0n) is 10.9. The largest absolute Gasteiger partial charge is 0.381 e. The van der Waals surface area contributed by atoms with Crippen LogP contribution < -0.4 is 10.6 Å². The Morgan fingerprint density at radius 1 is 1.25 bits per heavy atom. The predicted octanol–water partition coefficient (Wildman–Crippen LogP) is 2.29. The molecule has 2 N–H and O–H groups in total. The van der Waals surface area contributed by atoms with Crippen molar-refractivity contribution in [1.29, 1.82) is 0 Å². The molecule has 0 radical (unpaired) electrons. The van der Waals surface area contributed by atoms with Crippen LogP contribution in [0.5, 0.6) is 0 Å². The molecule has 0 unspecified atom stereocenters. The Labute approximate surface area is 122 Å². The average molecular weight is 291 g/mol. The SMILES string of the molecule is Nc1nccnc1N1CCO[C@H](c2ccccc2Cl)C1. The fraction of sp³-hybridized carbons (Fsp3) is 0.286. The average Bonchev–Trinajstić information content (AvgIpc) is 2.48. The van der Waals surface area contributed by atoms with E-state index in [1.807, 2.05) is 24.3 Å². The number of hydrogen-bond donors (Lipinski definition) is 1. The number of anilines is 2. The van der Waals surface area contributed by atoms with Gasteiger partial charge >= 0.3 is 0 Å². The minimum atomic E-state index is -0.0844. The van der Waals surface area contributed by atoms with E-state index >= 15 is 0 Å². The van der Waals surface area contributed by atoms with Crippen molar-refractivity contribution in [2.45, 2.75) is 6.10 Å². The van der Waals surface area contributed by atoms with Crippen molar-refractivity contribution in [2.75, 3.05) is 30.3 Å². The van der Waals surface area contributed by atoms with E-state index in [1.54, 1.807) is 12.4 Å². The highest BCUT2D eigenvalue weighted by Gasteiger charge is 2.25. The quantitative estimate of drug-likeness (QED) is 0.919. The molecule has 1 aromatic heterocycles. The number of benzene rings is 1. The van der Waals surface area contributed by atoms with E-state index in [0.29, 0.717) is 29.8 Å². The van der Waals surface area contributed by atoms with Gasteiger partial charge in [-0.25, -0.2) is 9.97 Å². The maximum atomic E-state index is 6.23. The number of aromatic nitrogens is 2. The van der Waals surface area contributed by atoms with Crippen LogP contribution in [0, 0.1) is 0 Å². The van der Waals surface area contributed by atoms with E-state index in [4.69, 9.17) is 22.1 Å². The molecule has 0 bridgehead atoms. The molecule has 1 saturated heterocycles. The van der Waals surface area contributed by atoms with Crippen LogP contribution in [0.15, 0.2) is 36.7 Å². The second-order valence-corrected chi connectivity index (χ2v) is 5.00. The Bertz CT molecular complexity index is 556. The highest BCUT2D eigenvalue weighted by molar-refractivity contribution is 6.31. The van der Waals surface area contributed by atoms with Gasteiger partial charge < -0.3 is 15.4 Å². The fourth-order valence-corrected chi connectivity index (χ4v) is 2.61. The predicted molar refractivity (Wildman–Crippen MR) is 78.8 cm³/mol. The van der Waals surface area contributed by atoms with Crippen LogP contribution in [0.1, 0.15) is 11.7 Å². The van der Waals surface area contributed by atoms with Crippen molar-refractivity contribution in [3.63, 3.8) is 0 Å². The van der Waals surface area contributed by atoms with Gasteiger partial charge in [-0.2, -0.15) is 0 Å². The van der Waals surface area contributed by atoms with Crippen LogP contribution in [0.25, 0.3) is 0 Å². The van der Waals surface area contributed by atoms with Gasteiger partial charge in [0.05, 0.1) is 13.2 Å². The Balaban J connectivity index is 1.84. The second-order valence-electron chi connectivity index (χ2n) is 4.59. The summed E-state index contributed by atoms with van der Waals surface area (Å²) in [5.74, 6) is 1.14. The van der Waals surface area contributed by atoms with E-state index in [2.05, 4.69) is 14.9 Å². The molecule has 2 aromatic rings.